The second-order valence-electron chi connectivity index (χ2n) is 5.79. The van der Waals surface area contributed by atoms with Gasteiger partial charge in [0.25, 0.3) is 5.91 Å². The van der Waals surface area contributed by atoms with Gasteiger partial charge in [-0.05, 0) is 18.2 Å². The van der Waals surface area contributed by atoms with Crippen LogP contribution >= 0.6 is 0 Å². The van der Waals surface area contributed by atoms with Gasteiger partial charge in [-0.1, -0.05) is 0 Å². The molecule has 1 amide bonds. The molecule has 0 aliphatic carbocycles. The maximum atomic E-state index is 13.7. The van der Waals surface area contributed by atoms with Gasteiger partial charge in [0.1, 0.15) is 0 Å². The first-order chi connectivity index (χ1) is 11.2. The normalized spacial score (nSPS) is 21.0. The predicted octanol–water partition coefficient (Wildman–Crippen LogP) is 0.470. The standard InChI is InChI=1S/C15H21FN2O5S/c1-18(2)24(20,21)9-11-7-23-8-13(11)17-15(19)10-4-5-14(22-3)12(16)6-10/h4-6,11,13H,7-9H2,1-3H3,(H,17,19). The van der Waals surface area contributed by atoms with Crippen LogP contribution in [0.15, 0.2) is 18.2 Å². The molecule has 24 heavy (non-hydrogen) atoms. The Kier molecular flexibility index (Phi) is 5.79. The maximum absolute atomic E-state index is 13.7. The number of nitrogens with zero attached hydrogens (tertiary/aromatic N) is 1. The lowest BCUT2D eigenvalue weighted by atomic mass is 10.1. The Morgan fingerprint density at radius 3 is 2.71 bits per heavy atom. The molecular formula is C15H21FN2O5S. The fourth-order valence-electron chi connectivity index (χ4n) is 2.40. The Labute approximate surface area is 140 Å². The van der Waals surface area contributed by atoms with Crippen molar-refractivity contribution in [2.45, 2.75) is 6.04 Å². The number of amides is 1. The lowest BCUT2D eigenvalue weighted by Gasteiger charge is -2.21. The van der Waals surface area contributed by atoms with E-state index in [0.717, 1.165) is 10.4 Å². The van der Waals surface area contributed by atoms with Crippen LogP contribution in [-0.2, 0) is 14.8 Å². The average Bonchev–Trinajstić information content (AvgIpc) is 2.93. The number of nitrogens with one attached hydrogen (secondary N) is 1. The lowest BCUT2D eigenvalue weighted by Crippen LogP contribution is -2.43. The number of hydrogen-bond donors (Lipinski definition) is 1. The summed E-state index contributed by atoms with van der Waals surface area (Å²) in [6, 6.07) is 3.44. The van der Waals surface area contributed by atoms with Crippen molar-refractivity contribution < 1.29 is 27.1 Å². The number of rotatable bonds is 6. The minimum atomic E-state index is -3.41. The molecule has 1 N–H and O–H groups in total. The molecule has 1 aliphatic rings. The van der Waals surface area contributed by atoms with Crippen LogP contribution < -0.4 is 10.1 Å². The van der Waals surface area contributed by atoms with Gasteiger partial charge >= 0.3 is 0 Å². The number of sulfonamides is 1. The molecule has 1 heterocycles. The number of carbonyl (C=O) groups is 1. The van der Waals surface area contributed by atoms with E-state index in [-0.39, 0.29) is 36.2 Å². The fourth-order valence-corrected chi connectivity index (χ4v) is 3.57. The molecule has 7 nitrogen and oxygen atoms in total. The molecule has 9 heteroatoms. The third-order valence-electron chi connectivity index (χ3n) is 3.91. The largest absolute Gasteiger partial charge is 0.494 e. The quantitative estimate of drug-likeness (QED) is 0.797. The van der Waals surface area contributed by atoms with E-state index in [1.807, 2.05) is 0 Å². The van der Waals surface area contributed by atoms with Crippen LogP contribution in [0.3, 0.4) is 0 Å². The van der Waals surface area contributed by atoms with Gasteiger partial charge in [-0.2, -0.15) is 0 Å². The van der Waals surface area contributed by atoms with E-state index in [1.165, 1.54) is 33.3 Å². The highest BCUT2D eigenvalue weighted by Gasteiger charge is 2.34. The summed E-state index contributed by atoms with van der Waals surface area (Å²) >= 11 is 0. The van der Waals surface area contributed by atoms with Crippen LogP contribution in [0, 0.1) is 11.7 Å². The molecule has 0 radical (unpaired) electrons. The Balaban J connectivity index is 2.06. The van der Waals surface area contributed by atoms with Crippen LogP contribution in [0.1, 0.15) is 10.4 Å². The Hall–Kier alpha value is -1.71. The Morgan fingerprint density at radius 1 is 1.42 bits per heavy atom. The van der Waals surface area contributed by atoms with E-state index in [2.05, 4.69) is 5.32 Å². The van der Waals surface area contributed by atoms with Gasteiger partial charge in [0, 0.05) is 25.6 Å². The molecule has 1 aromatic rings. The monoisotopic (exact) mass is 360 g/mol. The van der Waals surface area contributed by atoms with Crippen molar-refractivity contribution in [1.29, 1.82) is 0 Å². The summed E-state index contributed by atoms with van der Waals surface area (Å²) in [7, 11) is 0.846. The van der Waals surface area contributed by atoms with E-state index >= 15 is 0 Å². The molecule has 2 atom stereocenters. The summed E-state index contributed by atoms with van der Waals surface area (Å²) in [5, 5.41) is 2.72. The minimum absolute atomic E-state index is 0.0469. The van der Waals surface area contributed by atoms with Gasteiger partial charge in [0.2, 0.25) is 10.0 Å². The first kappa shape index (κ1) is 18.6. The van der Waals surface area contributed by atoms with E-state index in [1.54, 1.807) is 0 Å². The molecule has 1 aromatic carbocycles. The average molecular weight is 360 g/mol. The zero-order chi connectivity index (χ0) is 17.9. The van der Waals surface area contributed by atoms with E-state index < -0.39 is 27.8 Å². The van der Waals surface area contributed by atoms with Crippen LogP contribution in [0.25, 0.3) is 0 Å². The van der Waals surface area contributed by atoms with Crippen molar-refractivity contribution in [3.63, 3.8) is 0 Å². The van der Waals surface area contributed by atoms with E-state index in [9.17, 15) is 17.6 Å². The topological polar surface area (TPSA) is 84.9 Å². The van der Waals surface area contributed by atoms with Crippen molar-refractivity contribution in [1.82, 2.24) is 9.62 Å². The zero-order valence-electron chi connectivity index (χ0n) is 13.8. The van der Waals surface area contributed by atoms with E-state index in [0.29, 0.717) is 0 Å². The zero-order valence-corrected chi connectivity index (χ0v) is 14.6. The second-order valence-corrected chi connectivity index (χ2v) is 8.02. The van der Waals surface area contributed by atoms with E-state index in [4.69, 9.17) is 9.47 Å². The van der Waals surface area contributed by atoms with Crippen molar-refractivity contribution in [3.8, 4) is 5.75 Å². The first-order valence-corrected chi connectivity index (χ1v) is 8.98. The summed E-state index contributed by atoms with van der Waals surface area (Å²) in [6.45, 7) is 0.465. The van der Waals surface area contributed by atoms with Crippen LogP contribution in [0.4, 0.5) is 4.39 Å². The molecule has 2 unspecified atom stereocenters. The van der Waals surface area contributed by atoms with Gasteiger partial charge in [0.15, 0.2) is 11.6 Å². The molecular weight excluding hydrogens is 339 g/mol. The molecule has 0 bridgehead atoms. The number of methoxy groups -OCH3 is 1. The molecule has 0 spiro atoms. The SMILES string of the molecule is COc1ccc(C(=O)NC2COCC2CS(=O)(=O)N(C)C)cc1F. The second kappa shape index (κ2) is 7.45. The number of hydrogen-bond acceptors (Lipinski definition) is 5. The fraction of sp³-hybridized carbons (Fsp3) is 0.533. The number of carbonyl (C=O) groups excluding carboxylic acids is 1. The third kappa shape index (κ3) is 4.22. The summed E-state index contributed by atoms with van der Waals surface area (Å²) < 4.78 is 48.9. The predicted molar refractivity (Wildman–Crippen MR) is 86.0 cm³/mol. The van der Waals surface area contributed by atoms with Crippen LogP contribution in [0.2, 0.25) is 0 Å². The highest BCUT2D eigenvalue weighted by Crippen LogP contribution is 2.20. The van der Waals surface area contributed by atoms with Crippen LogP contribution in [-0.4, -0.2) is 64.8 Å². The molecule has 2 rings (SSSR count). The number of halogens is 1. The van der Waals surface area contributed by atoms with Gasteiger partial charge < -0.3 is 14.8 Å². The minimum Gasteiger partial charge on any atom is -0.494 e. The number of ether oxygens (including phenoxy) is 2. The molecule has 1 aliphatic heterocycles. The Morgan fingerprint density at radius 2 is 2.12 bits per heavy atom. The molecule has 1 saturated heterocycles. The van der Waals surface area contributed by atoms with Gasteiger partial charge in [0.05, 0.1) is 32.1 Å². The molecule has 134 valence electrons. The highest BCUT2D eigenvalue weighted by molar-refractivity contribution is 7.89. The lowest BCUT2D eigenvalue weighted by molar-refractivity contribution is 0.0925. The van der Waals surface area contributed by atoms with Crippen molar-refractivity contribution >= 4 is 15.9 Å². The van der Waals surface area contributed by atoms with Crippen molar-refractivity contribution in [2.24, 2.45) is 5.92 Å². The molecule has 0 aromatic heterocycles. The summed E-state index contributed by atoms with van der Waals surface area (Å²) in [5.74, 6) is -1.56. The smallest absolute Gasteiger partial charge is 0.251 e. The maximum Gasteiger partial charge on any atom is 0.251 e. The molecule has 0 saturated carbocycles. The van der Waals surface area contributed by atoms with Crippen molar-refractivity contribution in [2.75, 3.05) is 40.2 Å². The third-order valence-corrected chi connectivity index (χ3v) is 5.87. The van der Waals surface area contributed by atoms with Crippen molar-refractivity contribution in [3.05, 3.63) is 29.6 Å². The summed E-state index contributed by atoms with van der Waals surface area (Å²) in [5.41, 5.74) is 0.134. The highest BCUT2D eigenvalue weighted by atomic mass is 32.2. The first-order valence-electron chi connectivity index (χ1n) is 7.37. The Bertz CT molecular complexity index is 708. The molecule has 1 fully saturated rings. The van der Waals surface area contributed by atoms with Gasteiger partial charge in [-0.3, -0.25) is 4.79 Å². The summed E-state index contributed by atoms with van der Waals surface area (Å²) in [4.78, 5) is 12.3. The van der Waals surface area contributed by atoms with Gasteiger partial charge in [-0.15, -0.1) is 0 Å². The van der Waals surface area contributed by atoms with Crippen LogP contribution in [0.5, 0.6) is 5.75 Å². The number of benzene rings is 1. The van der Waals surface area contributed by atoms with Gasteiger partial charge in [-0.25, -0.2) is 17.1 Å². The summed E-state index contributed by atoms with van der Waals surface area (Å²) in [6.07, 6.45) is 0.